The molecule has 0 saturated carbocycles. The predicted molar refractivity (Wildman–Crippen MR) is 235 cm³/mol. The van der Waals surface area contributed by atoms with E-state index in [1.807, 2.05) is 42.5 Å². The van der Waals surface area contributed by atoms with Crippen molar-refractivity contribution in [1.29, 1.82) is 0 Å². The number of carbonyl (C=O) groups is 2. The second-order valence-corrected chi connectivity index (χ2v) is 14.8. The zero-order chi connectivity index (χ0) is 41.6. The smallest absolute Gasteiger partial charge is 0.508 e. The minimum absolute atomic E-state index is 0.0584. The highest BCUT2D eigenvalue weighted by atomic mass is 35.5. The largest absolute Gasteiger partial charge is 0.514 e. The van der Waals surface area contributed by atoms with Gasteiger partial charge in [-0.05, 0) is 41.0 Å². The molecule has 2 aliphatic rings. The van der Waals surface area contributed by atoms with Gasteiger partial charge in [0.05, 0.1) is 33.5 Å². The zero-order valence-electron chi connectivity index (χ0n) is 32.7. The molecule has 1 amide bonds. The van der Waals surface area contributed by atoms with Crippen LogP contribution in [0.1, 0.15) is 28.8 Å². The molecule has 2 heterocycles. The molecule has 2 aliphatic heterocycles. The number of aromatic hydroxyl groups is 1. The van der Waals surface area contributed by atoms with Crippen molar-refractivity contribution in [3.05, 3.63) is 179 Å². The number of benzene rings is 5. The Hall–Kier alpha value is -5.94. The van der Waals surface area contributed by atoms with Crippen molar-refractivity contribution >= 4 is 46.8 Å². The summed E-state index contributed by atoms with van der Waals surface area (Å²) >= 11 is 13.0. The lowest BCUT2D eigenvalue weighted by Crippen LogP contribution is -2.50. The van der Waals surface area contributed by atoms with Gasteiger partial charge in [0.1, 0.15) is 24.7 Å². The summed E-state index contributed by atoms with van der Waals surface area (Å²) in [6, 6.07) is 41.4. The number of hydrogen-bond acceptors (Lipinski definition) is 9. The number of halogens is 2. The van der Waals surface area contributed by atoms with E-state index in [-0.39, 0.29) is 42.9 Å². The summed E-state index contributed by atoms with van der Waals surface area (Å²) in [7, 11) is 0. The minimum Gasteiger partial charge on any atom is -0.508 e. The Morgan fingerprint density at radius 3 is 1.80 bits per heavy atom. The second kappa shape index (κ2) is 21.2. The van der Waals surface area contributed by atoms with Crippen LogP contribution in [0.5, 0.6) is 11.5 Å². The first-order valence-corrected chi connectivity index (χ1v) is 20.1. The Balaban J connectivity index is 0.000000201. The molecule has 2 saturated heterocycles. The van der Waals surface area contributed by atoms with E-state index in [2.05, 4.69) is 82.5 Å². The summed E-state index contributed by atoms with van der Waals surface area (Å²) in [5, 5.41) is 10.7. The van der Waals surface area contributed by atoms with Gasteiger partial charge in [0, 0.05) is 57.9 Å². The third kappa shape index (κ3) is 11.6. The van der Waals surface area contributed by atoms with Crippen molar-refractivity contribution in [3.63, 3.8) is 0 Å². The lowest BCUT2D eigenvalue weighted by molar-refractivity contribution is 0.104. The zero-order valence-corrected chi connectivity index (χ0v) is 34.3. The highest BCUT2D eigenvalue weighted by molar-refractivity contribution is 6.33. The standard InChI is InChI=1S/C24H25ClN2O5.C23H23ClN2O/c1-3-14-30-23(28)26-12-13-27(22(17-26)18-8-6-5-7-9-18)21-11-10-19(16-20(21)25)32-24(29)31-15-4-2;24-21-15-20(27)11-12-22(21)26-14-13-25(16-18-7-3-1-4-8-18)17-23(26)19-9-5-2-6-10-19/h3-11,16,22H,1-2,12-15,17H2;1-12,15,23,27H,13-14,16-17H2/t22-;23-/m00/s1. The first kappa shape index (κ1) is 42.7. The normalized spacial score (nSPS) is 16.6. The fourth-order valence-electron chi connectivity index (χ4n) is 7.26. The van der Waals surface area contributed by atoms with E-state index < -0.39 is 6.16 Å². The summed E-state index contributed by atoms with van der Waals surface area (Å²) in [6.45, 7) is 12.5. The highest BCUT2D eigenvalue weighted by Crippen LogP contribution is 2.39. The molecule has 306 valence electrons. The summed E-state index contributed by atoms with van der Waals surface area (Å²) in [6.07, 6.45) is 1.79. The molecule has 0 radical (unpaired) electrons. The van der Waals surface area contributed by atoms with Crippen LogP contribution in [-0.2, 0) is 16.0 Å². The van der Waals surface area contributed by atoms with Crippen LogP contribution in [0, 0.1) is 0 Å². The maximum atomic E-state index is 12.4. The number of ether oxygens (including phenoxy) is 3. The van der Waals surface area contributed by atoms with Gasteiger partial charge >= 0.3 is 12.2 Å². The number of hydrogen-bond donors (Lipinski definition) is 1. The van der Waals surface area contributed by atoms with Gasteiger partial charge in [-0.15, -0.1) is 0 Å². The van der Waals surface area contributed by atoms with Gasteiger partial charge in [0.15, 0.2) is 0 Å². The molecule has 0 bridgehead atoms. The first-order valence-electron chi connectivity index (χ1n) is 19.4. The van der Waals surface area contributed by atoms with E-state index in [1.165, 1.54) is 17.2 Å². The Morgan fingerprint density at radius 1 is 0.661 bits per heavy atom. The molecule has 7 rings (SSSR count). The van der Waals surface area contributed by atoms with Gasteiger partial charge in [0.2, 0.25) is 0 Å². The third-order valence-electron chi connectivity index (χ3n) is 10.0. The van der Waals surface area contributed by atoms with Crippen LogP contribution in [0.4, 0.5) is 21.0 Å². The first-order chi connectivity index (χ1) is 28.7. The molecule has 10 nitrogen and oxygen atoms in total. The van der Waals surface area contributed by atoms with E-state index in [1.54, 1.807) is 41.3 Å². The number of phenols is 1. The molecule has 0 aliphatic carbocycles. The molecule has 0 unspecified atom stereocenters. The van der Waals surface area contributed by atoms with Crippen LogP contribution in [0.15, 0.2) is 153 Å². The molecular formula is C47H48Cl2N4O6. The molecule has 0 spiro atoms. The topological polar surface area (TPSA) is 95.0 Å². The molecular weight excluding hydrogens is 787 g/mol. The number of carbonyl (C=O) groups excluding carboxylic acids is 2. The minimum atomic E-state index is -0.831. The quantitative estimate of drug-likeness (QED) is 0.0793. The Morgan fingerprint density at radius 2 is 1.20 bits per heavy atom. The van der Waals surface area contributed by atoms with Gasteiger partial charge in [-0.1, -0.05) is 140 Å². The van der Waals surface area contributed by atoms with Crippen LogP contribution < -0.4 is 14.5 Å². The van der Waals surface area contributed by atoms with E-state index in [0.717, 1.165) is 43.1 Å². The van der Waals surface area contributed by atoms with Crippen molar-refractivity contribution < 1.29 is 28.9 Å². The second-order valence-electron chi connectivity index (χ2n) is 14.0. The number of amides is 1. The Kier molecular flexibility index (Phi) is 15.3. The maximum absolute atomic E-state index is 12.4. The molecule has 0 aromatic heterocycles. The molecule has 2 atom stereocenters. The van der Waals surface area contributed by atoms with Crippen molar-refractivity contribution in [2.24, 2.45) is 0 Å². The monoisotopic (exact) mass is 834 g/mol. The summed E-state index contributed by atoms with van der Waals surface area (Å²) < 4.78 is 15.2. The third-order valence-corrected chi connectivity index (χ3v) is 10.6. The van der Waals surface area contributed by atoms with Crippen molar-refractivity contribution in [2.75, 3.05) is 62.3 Å². The summed E-state index contributed by atoms with van der Waals surface area (Å²) in [5.41, 5.74) is 5.40. The Labute approximate surface area is 356 Å². The fraction of sp³-hybridized carbons (Fsp3) is 0.234. The van der Waals surface area contributed by atoms with Gasteiger partial charge in [-0.3, -0.25) is 4.90 Å². The number of nitrogens with zero attached hydrogens (tertiary/aromatic N) is 4. The van der Waals surface area contributed by atoms with E-state index >= 15 is 0 Å². The van der Waals surface area contributed by atoms with Crippen LogP contribution in [0.2, 0.25) is 10.0 Å². The highest BCUT2D eigenvalue weighted by Gasteiger charge is 2.33. The molecule has 1 N–H and O–H groups in total. The lowest BCUT2D eigenvalue weighted by atomic mass is 10.0. The van der Waals surface area contributed by atoms with Crippen molar-refractivity contribution in [1.82, 2.24) is 9.80 Å². The molecule has 5 aromatic carbocycles. The van der Waals surface area contributed by atoms with Crippen LogP contribution >= 0.6 is 23.2 Å². The predicted octanol–water partition coefficient (Wildman–Crippen LogP) is 10.3. The summed E-state index contributed by atoms with van der Waals surface area (Å²) in [5.74, 6) is 0.471. The Bertz CT molecular complexity index is 2160. The number of anilines is 2. The average molecular weight is 836 g/mol. The molecule has 2 fully saturated rings. The molecule has 59 heavy (non-hydrogen) atoms. The maximum Gasteiger partial charge on any atom is 0.514 e. The number of piperazine rings is 2. The molecule has 12 heteroatoms. The van der Waals surface area contributed by atoms with Crippen molar-refractivity contribution in [3.8, 4) is 11.5 Å². The summed E-state index contributed by atoms with van der Waals surface area (Å²) in [4.78, 5) is 32.8. The average Bonchev–Trinajstić information content (AvgIpc) is 3.26. The van der Waals surface area contributed by atoms with Crippen molar-refractivity contribution in [2.45, 2.75) is 18.6 Å². The lowest BCUT2D eigenvalue weighted by Gasteiger charge is -2.43. The number of phenolic OH excluding ortho intramolecular Hbond substituents is 1. The van der Waals surface area contributed by atoms with Gasteiger partial charge in [0.25, 0.3) is 0 Å². The van der Waals surface area contributed by atoms with Crippen LogP contribution in [0.25, 0.3) is 0 Å². The van der Waals surface area contributed by atoms with Gasteiger partial charge in [-0.25, -0.2) is 9.59 Å². The van der Waals surface area contributed by atoms with Gasteiger partial charge < -0.3 is 34.0 Å². The molecule has 5 aromatic rings. The number of rotatable bonds is 11. The van der Waals surface area contributed by atoms with Gasteiger partial charge in [-0.2, -0.15) is 0 Å². The van der Waals surface area contributed by atoms with E-state index in [4.69, 9.17) is 37.4 Å². The van der Waals surface area contributed by atoms with E-state index in [9.17, 15) is 14.7 Å². The van der Waals surface area contributed by atoms with Crippen LogP contribution in [-0.4, -0.2) is 79.6 Å². The van der Waals surface area contributed by atoms with E-state index in [0.29, 0.717) is 29.7 Å². The fourth-order valence-corrected chi connectivity index (χ4v) is 7.82. The SMILES string of the molecule is C=CCOC(=O)Oc1ccc(N2CCN(C(=O)OCC=C)C[C@H]2c2ccccc2)c(Cl)c1.Oc1ccc(N2CCN(Cc3ccccc3)C[C@H]2c2ccccc2)c(Cl)c1. The van der Waals surface area contributed by atoms with Crippen LogP contribution in [0.3, 0.4) is 0 Å².